The smallest absolute Gasteiger partial charge is 0.398 e. The van der Waals surface area contributed by atoms with Gasteiger partial charge in [-0.3, -0.25) is 0 Å². The molecule has 6 heteroatoms. The van der Waals surface area contributed by atoms with E-state index in [1.807, 2.05) is 0 Å². The third-order valence-corrected chi connectivity index (χ3v) is 2.72. The largest absolute Gasteiger partial charge is 0.416 e. The predicted molar refractivity (Wildman–Crippen MR) is 51.4 cm³/mol. The van der Waals surface area contributed by atoms with Crippen LogP contribution in [0.5, 0.6) is 0 Å². The molecule has 0 fully saturated rings. The van der Waals surface area contributed by atoms with Crippen LogP contribution in [0.1, 0.15) is 11.1 Å². The molecule has 14 heavy (non-hydrogen) atoms. The first kappa shape index (κ1) is 11.3. The van der Waals surface area contributed by atoms with Gasteiger partial charge in [0.2, 0.25) is 0 Å². The summed E-state index contributed by atoms with van der Waals surface area (Å²) in [6.45, 7) is -0.208. The van der Waals surface area contributed by atoms with Gasteiger partial charge in [-0.25, -0.2) is 0 Å². The van der Waals surface area contributed by atoms with Crippen molar-refractivity contribution in [3.63, 3.8) is 0 Å². The van der Waals surface area contributed by atoms with E-state index >= 15 is 0 Å². The van der Waals surface area contributed by atoms with Gasteiger partial charge in [0.05, 0.1) is 5.56 Å². The van der Waals surface area contributed by atoms with E-state index in [0.717, 1.165) is 6.07 Å². The highest BCUT2D eigenvalue weighted by molar-refractivity contribution is 9.10. The molecule has 0 saturated heterocycles. The molecule has 0 atom stereocenters. The molecular weight excluding hydrogens is 261 g/mol. The second kappa shape index (κ2) is 3.78. The van der Waals surface area contributed by atoms with Crippen LogP contribution in [0.15, 0.2) is 16.6 Å². The first-order valence-corrected chi connectivity index (χ1v) is 4.51. The number of alkyl halides is 3. The lowest BCUT2D eigenvalue weighted by atomic mass is 10.1. The zero-order valence-corrected chi connectivity index (χ0v) is 8.61. The Kier molecular flexibility index (Phi) is 3.06. The molecule has 0 heterocycles. The molecule has 1 rings (SSSR count). The maximum absolute atomic E-state index is 12.4. The lowest BCUT2D eigenvalue weighted by molar-refractivity contribution is -0.138. The number of benzene rings is 1. The first-order valence-electron chi connectivity index (χ1n) is 3.72. The molecule has 1 aromatic rings. The minimum absolute atomic E-state index is 0.0162. The Labute approximate surface area is 87.2 Å². The van der Waals surface area contributed by atoms with E-state index in [0.29, 0.717) is 0 Å². The van der Waals surface area contributed by atoms with Crippen molar-refractivity contribution in [3.8, 4) is 0 Å². The molecule has 0 unspecified atom stereocenters. The minimum Gasteiger partial charge on any atom is -0.398 e. The van der Waals surface area contributed by atoms with Gasteiger partial charge in [-0.1, -0.05) is 0 Å². The average molecular weight is 269 g/mol. The predicted octanol–water partition coefficient (Wildman–Crippen LogP) is 2.51. The molecule has 0 saturated carbocycles. The van der Waals surface area contributed by atoms with Crippen molar-refractivity contribution in [2.45, 2.75) is 12.7 Å². The van der Waals surface area contributed by atoms with Crippen molar-refractivity contribution in [1.29, 1.82) is 0 Å². The zero-order valence-electron chi connectivity index (χ0n) is 7.03. The van der Waals surface area contributed by atoms with Gasteiger partial charge in [-0.15, -0.1) is 0 Å². The molecule has 0 spiro atoms. The van der Waals surface area contributed by atoms with E-state index in [2.05, 4.69) is 15.9 Å². The summed E-state index contributed by atoms with van der Waals surface area (Å²) in [5, 5.41) is 0. The van der Waals surface area contributed by atoms with E-state index in [4.69, 9.17) is 11.5 Å². The van der Waals surface area contributed by atoms with E-state index in [9.17, 15) is 13.2 Å². The summed E-state index contributed by atoms with van der Waals surface area (Å²) in [5.41, 5.74) is 10.2. The van der Waals surface area contributed by atoms with E-state index in [-0.39, 0.29) is 22.3 Å². The van der Waals surface area contributed by atoms with Gasteiger partial charge in [0, 0.05) is 16.7 Å². The number of rotatable bonds is 1. The maximum atomic E-state index is 12.4. The highest BCUT2D eigenvalue weighted by atomic mass is 79.9. The van der Waals surface area contributed by atoms with Crippen molar-refractivity contribution in [3.05, 3.63) is 27.7 Å². The second-order valence-corrected chi connectivity index (χ2v) is 3.49. The van der Waals surface area contributed by atoms with Crippen LogP contribution in [0.2, 0.25) is 0 Å². The van der Waals surface area contributed by atoms with Crippen molar-refractivity contribution >= 4 is 21.6 Å². The van der Waals surface area contributed by atoms with Crippen LogP contribution in [-0.2, 0) is 12.7 Å². The third-order valence-electron chi connectivity index (χ3n) is 1.78. The SMILES string of the molecule is NCc1c(C(F)(F)F)ccc(N)c1Br. The summed E-state index contributed by atoms with van der Waals surface area (Å²) in [6, 6.07) is 2.13. The summed E-state index contributed by atoms with van der Waals surface area (Å²) in [7, 11) is 0. The lowest BCUT2D eigenvalue weighted by Crippen LogP contribution is -2.13. The minimum atomic E-state index is -4.40. The zero-order chi connectivity index (χ0) is 10.9. The number of anilines is 1. The summed E-state index contributed by atoms with van der Waals surface area (Å²) in [6.07, 6.45) is -4.40. The van der Waals surface area contributed by atoms with E-state index in [1.165, 1.54) is 6.07 Å². The Hall–Kier alpha value is -0.750. The molecule has 2 nitrogen and oxygen atoms in total. The molecule has 0 aromatic heterocycles. The van der Waals surface area contributed by atoms with Gasteiger partial charge in [-0.05, 0) is 33.6 Å². The van der Waals surface area contributed by atoms with Crippen molar-refractivity contribution < 1.29 is 13.2 Å². The van der Waals surface area contributed by atoms with Crippen molar-refractivity contribution in [1.82, 2.24) is 0 Å². The Morgan fingerprint density at radius 1 is 1.29 bits per heavy atom. The van der Waals surface area contributed by atoms with Gasteiger partial charge in [0.25, 0.3) is 0 Å². The highest BCUT2D eigenvalue weighted by Gasteiger charge is 2.33. The van der Waals surface area contributed by atoms with Crippen LogP contribution in [0.4, 0.5) is 18.9 Å². The number of hydrogen-bond acceptors (Lipinski definition) is 2. The van der Waals surface area contributed by atoms with Gasteiger partial charge >= 0.3 is 6.18 Å². The van der Waals surface area contributed by atoms with E-state index < -0.39 is 11.7 Å². The molecule has 0 aliphatic heterocycles. The lowest BCUT2D eigenvalue weighted by Gasteiger charge is -2.14. The monoisotopic (exact) mass is 268 g/mol. The standard InChI is InChI=1S/C8H8BrF3N2/c9-7-4(3-13)5(8(10,11)12)1-2-6(7)14/h1-2H,3,13-14H2. The normalized spacial score (nSPS) is 11.8. The Bertz CT molecular complexity index is 349. The molecule has 78 valence electrons. The van der Waals surface area contributed by atoms with Gasteiger partial charge < -0.3 is 11.5 Å². The highest BCUT2D eigenvalue weighted by Crippen LogP contribution is 2.37. The Balaban J connectivity index is 3.39. The van der Waals surface area contributed by atoms with Crippen LogP contribution < -0.4 is 11.5 Å². The van der Waals surface area contributed by atoms with Crippen molar-refractivity contribution in [2.75, 3.05) is 5.73 Å². The molecule has 0 bridgehead atoms. The molecule has 0 radical (unpaired) electrons. The first-order chi connectivity index (χ1) is 6.38. The summed E-state index contributed by atoms with van der Waals surface area (Å²) in [5.74, 6) is 0. The summed E-state index contributed by atoms with van der Waals surface area (Å²) < 4.78 is 37.5. The van der Waals surface area contributed by atoms with Gasteiger partial charge in [-0.2, -0.15) is 13.2 Å². The van der Waals surface area contributed by atoms with Gasteiger partial charge in [0.1, 0.15) is 0 Å². The van der Waals surface area contributed by atoms with E-state index in [1.54, 1.807) is 0 Å². The fourth-order valence-electron chi connectivity index (χ4n) is 1.10. The third kappa shape index (κ3) is 2.01. The molecule has 4 N–H and O–H groups in total. The van der Waals surface area contributed by atoms with Gasteiger partial charge in [0.15, 0.2) is 0 Å². The summed E-state index contributed by atoms with van der Waals surface area (Å²) in [4.78, 5) is 0. The number of nitrogen functional groups attached to an aromatic ring is 1. The fourth-order valence-corrected chi connectivity index (χ4v) is 1.61. The number of nitrogens with two attached hydrogens (primary N) is 2. The van der Waals surface area contributed by atoms with Crippen LogP contribution in [0.25, 0.3) is 0 Å². The Morgan fingerprint density at radius 3 is 2.29 bits per heavy atom. The van der Waals surface area contributed by atoms with Crippen LogP contribution in [0, 0.1) is 0 Å². The fraction of sp³-hybridized carbons (Fsp3) is 0.250. The number of hydrogen-bond donors (Lipinski definition) is 2. The molecule has 0 aliphatic carbocycles. The maximum Gasteiger partial charge on any atom is 0.416 e. The van der Waals surface area contributed by atoms with Crippen LogP contribution in [-0.4, -0.2) is 0 Å². The van der Waals surface area contributed by atoms with Crippen LogP contribution in [0.3, 0.4) is 0 Å². The summed E-state index contributed by atoms with van der Waals surface area (Å²) >= 11 is 2.98. The molecule has 0 amide bonds. The molecular formula is C8H8BrF3N2. The second-order valence-electron chi connectivity index (χ2n) is 2.70. The van der Waals surface area contributed by atoms with Crippen molar-refractivity contribution in [2.24, 2.45) is 5.73 Å². The molecule has 0 aliphatic rings. The average Bonchev–Trinajstić information content (AvgIpc) is 2.07. The number of halogens is 4. The topological polar surface area (TPSA) is 52.0 Å². The quantitative estimate of drug-likeness (QED) is 0.769. The molecule has 1 aromatic carbocycles. The van der Waals surface area contributed by atoms with Crippen LogP contribution >= 0.6 is 15.9 Å². The Morgan fingerprint density at radius 2 is 1.86 bits per heavy atom.